The van der Waals surface area contributed by atoms with Crippen LogP contribution in [0.5, 0.6) is 0 Å². The third kappa shape index (κ3) is 4.13. The lowest BCUT2D eigenvalue weighted by atomic mass is 10.1. The summed E-state index contributed by atoms with van der Waals surface area (Å²) in [6.07, 6.45) is 0. The zero-order valence-corrected chi connectivity index (χ0v) is 12.2. The first-order valence-corrected chi connectivity index (χ1v) is 7.38. The Morgan fingerprint density at radius 3 is 2.58 bits per heavy atom. The second kappa shape index (κ2) is 6.80. The first-order chi connectivity index (χ1) is 9.19. The van der Waals surface area contributed by atoms with Gasteiger partial charge in [-0.15, -0.1) is 11.3 Å². The van der Waals surface area contributed by atoms with Gasteiger partial charge in [-0.25, -0.2) is 4.98 Å². The molecule has 0 aliphatic heterocycles. The Labute approximate surface area is 118 Å². The van der Waals surface area contributed by atoms with Crippen LogP contribution in [-0.4, -0.2) is 11.6 Å². The van der Waals surface area contributed by atoms with E-state index < -0.39 is 0 Å². The summed E-state index contributed by atoms with van der Waals surface area (Å²) < 4.78 is 5.62. The van der Waals surface area contributed by atoms with Crippen molar-refractivity contribution in [2.75, 3.05) is 6.61 Å². The number of hydrogen-bond acceptors (Lipinski definition) is 4. The lowest BCUT2D eigenvalue weighted by Crippen LogP contribution is -2.01. The van der Waals surface area contributed by atoms with Crippen LogP contribution in [-0.2, 0) is 17.9 Å². The van der Waals surface area contributed by atoms with Gasteiger partial charge < -0.3 is 10.5 Å². The van der Waals surface area contributed by atoms with Crippen LogP contribution < -0.4 is 5.73 Å². The minimum Gasteiger partial charge on any atom is -0.377 e. The summed E-state index contributed by atoms with van der Waals surface area (Å²) in [6.45, 7) is 6.28. The van der Waals surface area contributed by atoms with E-state index in [0.29, 0.717) is 19.1 Å². The lowest BCUT2D eigenvalue weighted by Gasteiger charge is -2.07. The third-order valence-corrected chi connectivity index (χ3v) is 3.62. The maximum atomic E-state index is 5.62. The highest BCUT2D eigenvalue weighted by Gasteiger charge is 2.04. The van der Waals surface area contributed by atoms with Crippen molar-refractivity contribution in [3.05, 3.63) is 40.9 Å². The molecule has 1 aromatic heterocycles. The average molecular weight is 276 g/mol. The van der Waals surface area contributed by atoms with Gasteiger partial charge in [0.1, 0.15) is 5.01 Å². The Hall–Kier alpha value is -1.23. The largest absolute Gasteiger partial charge is 0.377 e. The monoisotopic (exact) mass is 276 g/mol. The molecule has 0 unspecified atom stereocenters. The molecule has 2 rings (SSSR count). The summed E-state index contributed by atoms with van der Waals surface area (Å²) in [5.41, 5.74) is 8.85. The Morgan fingerprint density at radius 2 is 2.00 bits per heavy atom. The van der Waals surface area contributed by atoms with Gasteiger partial charge in [0.2, 0.25) is 0 Å². The molecule has 19 heavy (non-hydrogen) atoms. The third-order valence-electron chi connectivity index (χ3n) is 2.68. The van der Waals surface area contributed by atoms with Crippen LogP contribution in [0.25, 0.3) is 10.6 Å². The van der Waals surface area contributed by atoms with Crippen LogP contribution in [0, 0.1) is 5.92 Å². The second-order valence-electron chi connectivity index (χ2n) is 4.95. The topological polar surface area (TPSA) is 48.1 Å². The summed E-state index contributed by atoms with van der Waals surface area (Å²) in [5.74, 6) is 0.573. The van der Waals surface area contributed by atoms with Crippen molar-refractivity contribution >= 4 is 11.3 Å². The molecule has 1 aromatic carbocycles. The molecule has 0 spiro atoms. The van der Waals surface area contributed by atoms with E-state index in [-0.39, 0.29) is 0 Å². The van der Waals surface area contributed by atoms with E-state index in [1.807, 2.05) is 5.38 Å². The van der Waals surface area contributed by atoms with Gasteiger partial charge in [-0.2, -0.15) is 0 Å². The number of benzene rings is 1. The van der Waals surface area contributed by atoms with Crippen molar-refractivity contribution in [2.45, 2.75) is 27.0 Å². The van der Waals surface area contributed by atoms with Crippen LogP contribution in [0.4, 0.5) is 0 Å². The molecule has 3 nitrogen and oxygen atoms in total. The molecule has 2 N–H and O–H groups in total. The lowest BCUT2D eigenvalue weighted by molar-refractivity contribution is 0.0971. The molecule has 0 bridgehead atoms. The normalized spacial score (nSPS) is 11.2. The summed E-state index contributed by atoms with van der Waals surface area (Å²) in [6, 6.07) is 8.37. The maximum absolute atomic E-state index is 5.62. The van der Waals surface area contributed by atoms with E-state index in [0.717, 1.165) is 22.9 Å². The Bertz CT molecular complexity index is 505. The summed E-state index contributed by atoms with van der Waals surface area (Å²) in [5, 5.41) is 3.03. The minimum atomic E-state index is 0.498. The smallest absolute Gasteiger partial charge is 0.123 e. The molecule has 102 valence electrons. The van der Waals surface area contributed by atoms with Crippen LogP contribution in [0.2, 0.25) is 0 Å². The highest BCUT2D eigenvalue weighted by Crippen LogP contribution is 2.24. The van der Waals surface area contributed by atoms with Gasteiger partial charge in [-0.05, 0) is 11.5 Å². The molecular formula is C15H20N2OS. The maximum Gasteiger partial charge on any atom is 0.123 e. The summed E-state index contributed by atoms with van der Waals surface area (Å²) in [4.78, 5) is 4.48. The highest BCUT2D eigenvalue weighted by atomic mass is 32.1. The predicted molar refractivity (Wildman–Crippen MR) is 79.9 cm³/mol. The van der Waals surface area contributed by atoms with Crippen molar-refractivity contribution < 1.29 is 4.74 Å². The van der Waals surface area contributed by atoms with Gasteiger partial charge in [0.05, 0.1) is 12.3 Å². The van der Waals surface area contributed by atoms with Crippen molar-refractivity contribution in [3.8, 4) is 10.6 Å². The van der Waals surface area contributed by atoms with E-state index in [4.69, 9.17) is 10.5 Å². The summed E-state index contributed by atoms with van der Waals surface area (Å²) >= 11 is 1.63. The molecule has 0 saturated carbocycles. The number of nitrogens with zero attached hydrogens (tertiary/aromatic N) is 1. The number of hydrogen-bond donors (Lipinski definition) is 1. The molecule has 0 amide bonds. The van der Waals surface area contributed by atoms with Crippen LogP contribution in [0.1, 0.15) is 25.1 Å². The molecule has 0 saturated heterocycles. The number of ether oxygens (including phenoxy) is 1. The number of aromatic nitrogens is 1. The van der Waals surface area contributed by atoms with Crippen LogP contribution in [0.15, 0.2) is 29.6 Å². The summed E-state index contributed by atoms with van der Waals surface area (Å²) in [7, 11) is 0. The second-order valence-corrected chi connectivity index (χ2v) is 5.81. The SMILES string of the molecule is CC(C)COCc1ccc(-c2nc(CN)cs2)cc1. The Morgan fingerprint density at radius 1 is 1.26 bits per heavy atom. The standard InChI is InChI=1S/C15H20N2OS/c1-11(2)8-18-9-12-3-5-13(6-4-12)15-17-14(7-16)10-19-15/h3-6,10-11H,7-9,16H2,1-2H3. The molecule has 0 atom stereocenters. The van der Waals surface area contributed by atoms with Gasteiger partial charge in [0.15, 0.2) is 0 Å². The molecule has 0 aliphatic carbocycles. The number of thiazole rings is 1. The number of rotatable bonds is 6. The molecule has 0 radical (unpaired) electrons. The zero-order valence-electron chi connectivity index (χ0n) is 11.4. The van der Waals surface area contributed by atoms with Crippen molar-refractivity contribution in [2.24, 2.45) is 11.7 Å². The molecule has 1 heterocycles. The highest BCUT2D eigenvalue weighted by molar-refractivity contribution is 7.13. The van der Waals surface area contributed by atoms with Gasteiger partial charge >= 0.3 is 0 Å². The van der Waals surface area contributed by atoms with Crippen LogP contribution >= 0.6 is 11.3 Å². The predicted octanol–water partition coefficient (Wildman–Crippen LogP) is 3.44. The average Bonchev–Trinajstić information content (AvgIpc) is 2.88. The Kier molecular flexibility index (Phi) is 5.07. The van der Waals surface area contributed by atoms with Gasteiger partial charge in [0, 0.05) is 24.1 Å². The van der Waals surface area contributed by atoms with E-state index in [1.54, 1.807) is 11.3 Å². The first-order valence-electron chi connectivity index (χ1n) is 6.50. The molecule has 0 aliphatic rings. The number of nitrogens with two attached hydrogens (primary N) is 1. The minimum absolute atomic E-state index is 0.498. The van der Waals surface area contributed by atoms with Crippen molar-refractivity contribution in [1.82, 2.24) is 4.98 Å². The Balaban J connectivity index is 1.97. The first kappa shape index (κ1) is 14.2. The van der Waals surface area contributed by atoms with Crippen molar-refractivity contribution in [3.63, 3.8) is 0 Å². The fourth-order valence-electron chi connectivity index (χ4n) is 1.69. The van der Waals surface area contributed by atoms with Crippen molar-refractivity contribution in [1.29, 1.82) is 0 Å². The van der Waals surface area contributed by atoms with Gasteiger partial charge in [-0.3, -0.25) is 0 Å². The van der Waals surface area contributed by atoms with E-state index in [2.05, 4.69) is 43.1 Å². The fraction of sp³-hybridized carbons (Fsp3) is 0.400. The molecule has 2 aromatic rings. The molecule has 0 fully saturated rings. The van der Waals surface area contributed by atoms with E-state index >= 15 is 0 Å². The van der Waals surface area contributed by atoms with Gasteiger partial charge in [-0.1, -0.05) is 38.1 Å². The van der Waals surface area contributed by atoms with Gasteiger partial charge in [0.25, 0.3) is 0 Å². The zero-order chi connectivity index (χ0) is 13.7. The van der Waals surface area contributed by atoms with E-state index in [1.165, 1.54) is 5.56 Å². The quantitative estimate of drug-likeness (QED) is 0.879. The fourth-order valence-corrected chi connectivity index (χ4v) is 2.53. The van der Waals surface area contributed by atoms with E-state index in [9.17, 15) is 0 Å². The molecular weight excluding hydrogens is 256 g/mol. The van der Waals surface area contributed by atoms with Crippen LogP contribution in [0.3, 0.4) is 0 Å². The molecule has 4 heteroatoms.